The predicted octanol–water partition coefficient (Wildman–Crippen LogP) is 1.91. The molecule has 21 heavy (non-hydrogen) atoms. The molecule has 0 fully saturated rings. The van der Waals surface area contributed by atoms with Gasteiger partial charge in [-0.25, -0.2) is 4.68 Å². The van der Waals surface area contributed by atoms with Crippen LogP contribution < -0.4 is 5.56 Å². The van der Waals surface area contributed by atoms with E-state index in [0.717, 1.165) is 5.56 Å². The normalized spacial score (nSPS) is 10.8. The molecule has 1 N–H and O–H groups in total. The molecule has 2 heterocycles. The second kappa shape index (κ2) is 5.10. The molecule has 0 aliphatic heterocycles. The summed E-state index contributed by atoms with van der Waals surface area (Å²) in [6, 6.07) is 11.4. The molecule has 106 valence electrons. The highest BCUT2D eigenvalue weighted by atomic mass is 32.1. The van der Waals surface area contributed by atoms with Crippen molar-refractivity contribution in [1.29, 1.82) is 0 Å². The van der Waals surface area contributed by atoms with Crippen LogP contribution in [0.2, 0.25) is 0 Å². The number of aromatic nitrogens is 5. The Hall–Kier alpha value is -2.54. The van der Waals surface area contributed by atoms with Crippen molar-refractivity contribution in [3.63, 3.8) is 0 Å². The smallest absolute Gasteiger partial charge is 0.277 e. The predicted molar refractivity (Wildman–Crippen MR) is 82.3 cm³/mol. The summed E-state index contributed by atoms with van der Waals surface area (Å²) >= 11 is 5.10. The third-order valence-corrected chi connectivity index (χ3v) is 3.62. The highest BCUT2D eigenvalue weighted by Gasteiger charge is 2.14. The van der Waals surface area contributed by atoms with Crippen LogP contribution in [0.5, 0.6) is 0 Å². The third-order valence-electron chi connectivity index (χ3n) is 3.25. The molecule has 3 aromatic rings. The van der Waals surface area contributed by atoms with E-state index < -0.39 is 0 Å². The Morgan fingerprint density at radius 3 is 2.52 bits per heavy atom. The van der Waals surface area contributed by atoms with Crippen LogP contribution >= 0.6 is 12.2 Å². The van der Waals surface area contributed by atoms with Gasteiger partial charge in [0.25, 0.3) is 5.56 Å². The third kappa shape index (κ3) is 2.31. The first-order valence-electron chi connectivity index (χ1n) is 6.33. The van der Waals surface area contributed by atoms with Crippen molar-refractivity contribution in [3.8, 4) is 22.6 Å². The van der Waals surface area contributed by atoms with Crippen LogP contribution in [0.4, 0.5) is 0 Å². The molecule has 7 heteroatoms. The van der Waals surface area contributed by atoms with Gasteiger partial charge in [0.15, 0.2) is 10.6 Å². The Morgan fingerprint density at radius 2 is 1.90 bits per heavy atom. The Kier molecular flexibility index (Phi) is 3.26. The van der Waals surface area contributed by atoms with Crippen molar-refractivity contribution in [2.75, 3.05) is 0 Å². The average molecular weight is 299 g/mol. The highest BCUT2D eigenvalue weighted by molar-refractivity contribution is 7.71. The summed E-state index contributed by atoms with van der Waals surface area (Å²) in [6.07, 6.45) is 0. The minimum Gasteiger partial charge on any atom is -0.303 e. The molecule has 6 nitrogen and oxygen atoms in total. The Balaban J connectivity index is 2.27. The maximum Gasteiger partial charge on any atom is 0.277 e. The van der Waals surface area contributed by atoms with Crippen LogP contribution in [0.25, 0.3) is 22.6 Å². The van der Waals surface area contributed by atoms with E-state index in [0.29, 0.717) is 21.9 Å². The maximum absolute atomic E-state index is 12.3. The van der Waals surface area contributed by atoms with Crippen LogP contribution in [0.1, 0.15) is 0 Å². The lowest BCUT2D eigenvalue weighted by atomic mass is 10.1. The summed E-state index contributed by atoms with van der Waals surface area (Å²) in [5, 5.41) is 11.1. The lowest BCUT2D eigenvalue weighted by Gasteiger charge is -2.07. The number of aryl methyl sites for hydroxylation is 1. The highest BCUT2D eigenvalue weighted by Crippen LogP contribution is 2.20. The Labute approximate surface area is 125 Å². The zero-order valence-corrected chi connectivity index (χ0v) is 12.4. The molecule has 0 saturated heterocycles. The van der Waals surface area contributed by atoms with Crippen molar-refractivity contribution in [2.24, 2.45) is 14.1 Å². The van der Waals surface area contributed by atoms with Crippen LogP contribution in [-0.2, 0) is 14.1 Å². The van der Waals surface area contributed by atoms with E-state index in [2.05, 4.69) is 15.3 Å². The van der Waals surface area contributed by atoms with Gasteiger partial charge in [0.05, 0.1) is 11.3 Å². The summed E-state index contributed by atoms with van der Waals surface area (Å²) in [4.78, 5) is 12.3. The van der Waals surface area contributed by atoms with Gasteiger partial charge in [-0.3, -0.25) is 9.89 Å². The molecule has 3 rings (SSSR count). The molecule has 2 aromatic heterocycles. The standard InChI is InChI=1S/C14H13N5OS/c1-18-12(15-16-14(18)21)10-8-11(17-19(2)13(10)20)9-6-4-3-5-7-9/h3-8H,1-2H3,(H,16,21). The molecule has 0 amide bonds. The first-order valence-corrected chi connectivity index (χ1v) is 6.74. The fourth-order valence-electron chi connectivity index (χ4n) is 2.11. The molecule has 0 radical (unpaired) electrons. The monoisotopic (exact) mass is 299 g/mol. The van der Waals surface area contributed by atoms with Crippen LogP contribution in [0, 0.1) is 4.77 Å². The fraction of sp³-hybridized carbons (Fsp3) is 0.143. The summed E-state index contributed by atoms with van der Waals surface area (Å²) in [5.41, 5.74) is 1.89. The number of nitrogens with one attached hydrogen (secondary N) is 1. The lowest BCUT2D eigenvalue weighted by Crippen LogP contribution is -2.22. The van der Waals surface area contributed by atoms with Crippen LogP contribution in [-0.4, -0.2) is 24.5 Å². The molecular weight excluding hydrogens is 286 g/mol. The first-order chi connectivity index (χ1) is 10.1. The van der Waals surface area contributed by atoms with Crippen LogP contribution in [0.15, 0.2) is 41.2 Å². The molecule has 0 spiro atoms. The molecule has 0 bridgehead atoms. The molecular formula is C14H13N5OS. The van der Waals surface area contributed by atoms with Gasteiger partial charge < -0.3 is 4.57 Å². The number of aromatic amines is 1. The summed E-state index contributed by atoms with van der Waals surface area (Å²) < 4.78 is 3.45. The quantitative estimate of drug-likeness (QED) is 0.734. The van der Waals surface area contributed by atoms with E-state index in [4.69, 9.17) is 12.2 Å². The van der Waals surface area contributed by atoms with Gasteiger partial charge in [-0.05, 0) is 18.3 Å². The molecule has 0 atom stereocenters. The van der Waals surface area contributed by atoms with E-state index in [1.807, 2.05) is 30.3 Å². The largest absolute Gasteiger partial charge is 0.303 e. The van der Waals surface area contributed by atoms with Crippen molar-refractivity contribution >= 4 is 12.2 Å². The second-order valence-electron chi connectivity index (χ2n) is 4.65. The van der Waals surface area contributed by atoms with Gasteiger partial charge in [0, 0.05) is 19.7 Å². The number of H-pyrrole nitrogens is 1. The van der Waals surface area contributed by atoms with Gasteiger partial charge >= 0.3 is 0 Å². The van der Waals surface area contributed by atoms with Crippen molar-refractivity contribution in [1.82, 2.24) is 24.5 Å². The zero-order valence-electron chi connectivity index (χ0n) is 11.6. The van der Waals surface area contributed by atoms with E-state index in [1.165, 1.54) is 4.68 Å². The number of hydrogen-bond donors (Lipinski definition) is 1. The van der Waals surface area contributed by atoms with Crippen molar-refractivity contribution in [3.05, 3.63) is 51.5 Å². The van der Waals surface area contributed by atoms with Crippen LogP contribution in [0.3, 0.4) is 0 Å². The number of benzene rings is 1. The van der Waals surface area contributed by atoms with Gasteiger partial charge in [-0.1, -0.05) is 30.3 Å². The maximum atomic E-state index is 12.3. The van der Waals surface area contributed by atoms with E-state index in [-0.39, 0.29) is 5.56 Å². The van der Waals surface area contributed by atoms with Gasteiger partial charge in [-0.2, -0.15) is 10.2 Å². The lowest BCUT2D eigenvalue weighted by molar-refractivity contribution is 0.711. The summed E-state index contributed by atoms with van der Waals surface area (Å²) in [5.74, 6) is 0.500. The molecule has 1 aromatic carbocycles. The van der Waals surface area contributed by atoms with E-state index in [1.54, 1.807) is 24.7 Å². The first kappa shape index (κ1) is 13.4. The SMILES string of the molecule is Cn1nc(-c2ccccc2)cc(-c2n[nH]c(=S)n2C)c1=O. The second-order valence-corrected chi connectivity index (χ2v) is 5.04. The molecule has 0 aliphatic rings. The molecule has 0 unspecified atom stereocenters. The molecule has 0 aliphatic carbocycles. The fourth-order valence-corrected chi connectivity index (χ4v) is 2.24. The molecule has 0 saturated carbocycles. The van der Waals surface area contributed by atoms with Crippen molar-refractivity contribution in [2.45, 2.75) is 0 Å². The number of nitrogens with zero attached hydrogens (tertiary/aromatic N) is 4. The zero-order chi connectivity index (χ0) is 15.0. The van der Waals surface area contributed by atoms with Gasteiger partial charge in [-0.15, -0.1) is 0 Å². The summed E-state index contributed by atoms with van der Waals surface area (Å²) in [7, 11) is 3.39. The average Bonchev–Trinajstić information content (AvgIpc) is 2.83. The Bertz CT molecular complexity index is 907. The van der Waals surface area contributed by atoms with E-state index >= 15 is 0 Å². The van der Waals surface area contributed by atoms with Gasteiger partial charge in [0.2, 0.25) is 0 Å². The summed E-state index contributed by atoms with van der Waals surface area (Å²) in [6.45, 7) is 0. The van der Waals surface area contributed by atoms with E-state index in [9.17, 15) is 4.79 Å². The topological polar surface area (TPSA) is 68.5 Å². The minimum atomic E-state index is -0.216. The minimum absolute atomic E-state index is 0.216. The van der Waals surface area contributed by atoms with Gasteiger partial charge in [0.1, 0.15) is 0 Å². The Morgan fingerprint density at radius 1 is 1.19 bits per heavy atom. The van der Waals surface area contributed by atoms with Crippen molar-refractivity contribution < 1.29 is 0 Å². The number of hydrogen-bond acceptors (Lipinski definition) is 4. The number of rotatable bonds is 2.